The zero-order chi connectivity index (χ0) is 11.7. The molecule has 0 amide bonds. The fourth-order valence-electron chi connectivity index (χ4n) is 2.23. The van der Waals surface area contributed by atoms with Crippen LogP contribution in [0.25, 0.3) is 0 Å². The number of thiophene rings is 1. The Kier molecular flexibility index (Phi) is 2.99. The highest BCUT2D eigenvalue weighted by Gasteiger charge is 2.21. The van der Waals surface area contributed by atoms with E-state index in [0.717, 1.165) is 12.2 Å². The molecule has 1 N–H and O–H groups in total. The molecular formula is C12H12ClN3S. The molecule has 2 aromatic heterocycles. The Morgan fingerprint density at radius 3 is 3.24 bits per heavy atom. The molecule has 0 spiro atoms. The van der Waals surface area contributed by atoms with Crippen LogP contribution in [0.3, 0.4) is 0 Å². The first-order chi connectivity index (χ1) is 8.33. The van der Waals surface area contributed by atoms with E-state index in [1.165, 1.54) is 23.3 Å². The minimum atomic E-state index is 0.345. The lowest BCUT2D eigenvalue weighted by Gasteiger charge is -2.24. The van der Waals surface area contributed by atoms with Crippen molar-refractivity contribution in [3.05, 3.63) is 39.4 Å². The maximum Gasteiger partial charge on any atom is 0.149 e. The minimum absolute atomic E-state index is 0.345. The van der Waals surface area contributed by atoms with Crippen LogP contribution in [0.5, 0.6) is 0 Å². The van der Waals surface area contributed by atoms with Gasteiger partial charge < -0.3 is 5.32 Å². The average Bonchev–Trinajstić information content (AvgIpc) is 2.78. The molecular weight excluding hydrogens is 254 g/mol. The minimum Gasteiger partial charge on any atom is -0.362 e. The number of nitrogens with zero attached hydrogens (tertiary/aromatic N) is 2. The summed E-state index contributed by atoms with van der Waals surface area (Å²) in [6, 6.07) is 2.55. The smallest absolute Gasteiger partial charge is 0.149 e. The molecule has 0 saturated carbocycles. The third kappa shape index (κ3) is 2.28. The summed E-state index contributed by atoms with van der Waals surface area (Å²) >= 11 is 7.67. The lowest BCUT2D eigenvalue weighted by molar-refractivity contribution is 0.606. The van der Waals surface area contributed by atoms with Crippen LogP contribution in [-0.4, -0.2) is 9.97 Å². The highest BCUT2D eigenvalue weighted by Crippen LogP contribution is 2.35. The van der Waals surface area contributed by atoms with Crippen LogP contribution < -0.4 is 5.32 Å². The van der Waals surface area contributed by atoms with E-state index in [2.05, 4.69) is 26.7 Å². The van der Waals surface area contributed by atoms with Crippen LogP contribution in [0.4, 0.5) is 5.82 Å². The van der Waals surface area contributed by atoms with Gasteiger partial charge in [0, 0.05) is 4.88 Å². The van der Waals surface area contributed by atoms with Gasteiger partial charge in [-0.1, -0.05) is 11.6 Å². The molecule has 1 aliphatic rings. The zero-order valence-electron chi connectivity index (χ0n) is 9.19. The Hall–Kier alpha value is -1.13. The Bertz CT molecular complexity index is 526. The van der Waals surface area contributed by atoms with Crippen LogP contribution in [-0.2, 0) is 6.42 Å². The monoisotopic (exact) mass is 265 g/mol. The molecule has 3 rings (SSSR count). The van der Waals surface area contributed by atoms with Gasteiger partial charge >= 0.3 is 0 Å². The van der Waals surface area contributed by atoms with Crippen LogP contribution >= 0.6 is 22.9 Å². The first-order valence-corrected chi connectivity index (χ1v) is 6.89. The number of aryl methyl sites for hydroxylation is 1. The predicted octanol–water partition coefficient (Wildman–Crippen LogP) is 3.68. The maximum atomic E-state index is 5.83. The first-order valence-electron chi connectivity index (χ1n) is 5.63. The number of hydrogen-bond acceptors (Lipinski definition) is 4. The average molecular weight is 266 g/mol. The molecule has 88 valence electrons. The van der Waals surface area contributed by atoms with Crippen LogP contribution in [0.1, 0.15) is 29.3 Å². The summed E-state index contributed by atoms with van der Waals surface area (Å²) in [7, 11) is 0. The molecule has 2 aromatic rings. The van der Waals surface area contributed by atoms with E-state index >= 15 is 0 Å². The van der Waals surface area contributed by atoms with E-state index in [-0.39, 0.29) is 0 Å². The molecule has 0 saturated heterocycles. The summed E-state index contributed by atoms with van der Waals surface area (Å²) in [6.45, 7) is 0. The van der Waals surface area contributed by atoms with E-state index in [9.17, 15) is 0 Å². The summed E-state index contributed by atoms with van der Waals surface area (Å²) in [5.41, 5.74) is 1.41. The fraction of sp³-hybridized carbons (Fsp3) is 0.333. The lowest BCUT2D eigenvalue weighted by atomic mass is 9.94. The molecule has 3 nitrogen and oxygen atoms in total. The van der Waals surface area contributed by atoms with Gasteiger partial charge in [0.05, 0.1) is 18.4 Å². The second kappa shape index (κ2) is 4.63. The Morgan fingerprint density at radius 2 is 2.35 bits per heavy atom. The molecule has 2 heterocycles. The number of nitrogens with one attached hydrogen (secondary N) is 1. The standard InChI is InChI=1S/C12H12ClN3S/c13-11-6-14-7-12(16-11)15-9-2-1-3-10-8(9)4-5-17-10/h4-7,9H,1-3H2,(H,15,16). The van der Waals surface area contributed by atoms with Crippen molar-refractivity contribution in [2.75, 3.05) is 5.32 Å². The quantitative estimate of drug-likeness (QED) is 0.900. The molecule has 1 unspecified atom stereocenters. The van der Waals surface area contributed by atoms with Crippen molar-refractivity contribution in [2.45, 2.75) is 25.3 Å². The van der Waals surface area contributed by atoms with Crippen molar-refractivity contribution in [1.29, 1.82) is 0 Å². The number of fused-ring (bicyclic) bond motifs is 1. The van der Waals surface area contributed by atoms with Gasteiger partial charge in [0.1, 0.15) is 11.0 Å². The van der Waals surface area contributed by atoms with Crippen LogP contribution in [0.15, 0.2) is 23.8 Å². The SMILES string of the molecule is Clc1cncc(NC2CCCc3sccc32)n1. The van der Waals surface area contributed by atoms with Gasteiger partial charge in [0.25, 0.3) is 0 Å². The Morgan fingerprint density at radius 1 is 1.41 bits per heavy atom. The second-order valence-electron chi connectivity index (χ2n) is 4.12. The normalized spacial score (nSPS) is 18.8. The Labute approximate surface area is 109 Å². The van der Waals surface area contributed by atoms with Gasteiger partial charge in [-0.25, -0.2) is 4.98 Å². The predicted molar refractivity (Wildman–Crippen MR) is 70.7 cm³/mol. The van der Waals surface area contributed by atoms with Crippen molar-refractivity contribution < 1.29 is 0 Å². The molecule has 1 aliphatic carbocycles. The molecule has 0 aromatic carbocycles. The third-order valence-electron chi connectivity index (χ3n) is 2.98. The van der Waals surface area contributed by atoms with Crippen molar-refractivity contribution in [3.8, 4) is 0 Å². The molecule has 17 heavy (non-hydrogen) atoms. The largest absolute Gasteiger partial charge is 0.362 e. The van der Waals surface area contributed by atoms with Gasteiger partial charge in [-0.15, -0.1) is 11.3 Å². The topological polar surface area (TPSA) is 37.8 Å². The number of hydrogen-bond donors (Lipinski definition) is 1. The van der Waals surface area contributed by atoms with E-state index in [1.54, 1.807) is 12.4 Å². The highest BCUT2D eigenvalue weighted by atomic mass is 35.5. The van der Waals surface area contributed by atoms with Crippen LogP contribution in [0.2, 0.25) is 5.15 Å². The third-order valence-corrected chi connectivity index (χ3v) is 4.16. The van der Waals surface area contributed by atoms with E-state index < -0.39 is 0 Å². The molecule has 0 aliphatic heterocycles. The van der Waals surface area contributed by atoms with Gasteiger partial charge in [0.2, 0.25) is 0 Å². The maximum absolute atomic E-state index is 5.83. The summed E-state index contributed by atoms with van der Waals surface area (Å²) in [5.74, 6) is 0.751. The van der Waals surface area contributed by atoms with Gasteiger partial charge in [-0.2, -0.15) is 0 Å². The molecule has 0 radical (unpaired) electrons. The summed E-state index contributed by atoms with van der Waals surface area (Å²) in [5, 5.41) is 6.00. The highest BCUT2D eigenvalue weighted by molar-refractivity contribution is 7.10. The number of rotatable bonds is 2. The van der Waals surface area contributed by atoms with Crippen LogP contribution in [0, 0.1) is 0 Å². The molecule has 5 heteroatoms. The van der Waals surface area contributed by atoms with Crippen molar-refractivity contribution in [1.82, 2.24) is 9.97 Å². The van der Waals surface area contributed by atoms with Gasteiger partial charge in [0.15, 0.2) is 0 Å². The molecule has 0 bridgehead atoms. The number of anilines is 1. The van der Waals surface area contributed by atoms with Crippen molar-refractivity contribution in [2.24, 2.45) is 0 Å². The first kappa shape index (κ1) is 11.0. The summed E-state index contributed by atoms with van der Waals surface area (Å²) < 4.78 is 0. The van der Waals surface area contributed by atoms with E-state index in [1.807, 2.05) is 11.3 Å². The molecule has 1 atom stereocenters. The molecule has 0 fully saturated rings. The second-order valence-corrected chi connectivity index (χ2v) is 5.50. The van der Waals surface area contributed by atoms with Crippen molar-refractivity contribution in [3.63, 3.8) is 0 Å². The number of aromatic nitrogens is 2. The lowest BCUT2D eigenvalue weighted by Crippen LogP contribution is -2.16. The van der Waals surface area contributed by atoms with Crippen molar-refractivity contribution >= 4 is 28.8 Å². The van der Waals surface area contributed by atoms with E-state index in [4.69, 9.17) is 11.6 Å². The Balaban J connectivity index is 1.84. The summed E-state index contributed by atoms with van der Waals surface area (Å²) in [6.07, 6.45) is 6.82. The van der Waals surface area contributed by atoms with Gasteiger partial charge in [-0.3, -0.25) is 4.98 Å². The van der Waals surface area contributed by atoms with E-state index in [0.29, 0.717) is 11.2 Å². The van der Waals surface area contributed by atoms with Gasteiger partial charge in [-0.05, 0) is 36.3 Å². The zero-order valence-corrected chi connectivity index (χ0v) is 10.8. The number of halogens is 1. The summed E-state index contributed by atoms with van der Waals surface area (Å²) in [4.78, 5) is 9.75. The fourth-order valence-corrected chi connectivity index (χ4v) is 3.36.